The molecule has 0 unspecified atom stereocenters. The smallest absolute Gasteiger partial charge is 0.257 e. The highest BCUT2D eigenvalue weighted by molar-refractivity contribution is 7.97. The van der Waals surface area contributed by atoms with Gasteiger partial charge in [0, 0.05) is 16.7 Å². The molecular weight excluding hydrogens is 336 g/mol. The summed E-state index contributed by atoms with van der Waals surface area (Å²) in [6, 6.07) is 3.21. The van der Waals surface area contributed by atoms with Crippen LogP contribution in [0.4, 0.5) is 5.13 Å². The summed E-state index contributed by atoms with van der Waals surface area (Å²) in [5, 5.41) is 5.28. The third kappa shape index (κ3) is 4.08. The summed E-state index contributed by atoms with van der Waals surface area (Å²) in [4.78, 5) is 16.8. The van der Waals surface area contributed by atoms with E-state index in [-0.39, 0.29) is 5.91 Å². The lowest BCUT2D eigenvalue weighted by Gasteiger charge is -2.13. The molecule has 2 aromatic rings. The van der Waals surface area contributed by atoms with Gasteiger partial charge in [-0.15, -0.1) is 11.3 Å². The Labute approximate surface area is 143 Å². The molecule has 6 nitrogen and oxygen atoms in total. The predicted molar refractivity (Wildman–Crippen MR) is 93.4 cm³/mol. The van der Waals surface area contributed by atoms with Gasteiger partial charge in [-0.1, -0.05) is 0 Å². The summed E-state index contributed by atoms with van der Waals surface area (Å²) in [5.74, 6) is 1.84. The third-order valence-corrected chi connectivity index (χ3v) is 4.38. The minimum atomic E-state index is -0.283. The summed E-state index contributed by atoms with van der Waals surface area (Å²) < 4.78 is 15.8. The standard InChI is InChI=1S/C15H18N2O4S2/c1-19-11-5-9(6-12(20-2)13(11)21-3)14(18)17-15-16-10(7-22-4)8-23-15/h5-6,8H,7H2,1-4H3,(H,16,17,18). The fourth-order valence-corrected chi connectivity index (χ4v) is 3.21. The number of nitrogens with one attached hydrogen (secondary N) is 1. The lowest BCUT2D eigenvalue weighted by molar-refractivity contribution is 0.102. The van der Waals surface area contributed by atoms with Gasteiger partial charge < -0.3 is 14.2 Å². The molecule has 1 aromatic heterocycles. The molecule has 23 heavy (non-hydrogen) atoms. The van der Waals surface area contributed by atoms with Gasteiger partial charge in [0.15, 0.2) is 16.6 Å². The van der Waals surface area contributed by atoms with Crippen molar-refractivity contribution in [2.24, 2.45) is 0 Å². The van der Waals surface area contributed by atoms with Crippen molar-refractivity contribution in [2.75, 3.05) is 32.9 Å². The molecule has 0 fully saturated rings. The maximum Gasteiger partial charge on any atom is 0.257 e. The molecular formula is C15H18N2O4S2. The van der Waals surface area contributed by atoms with Gasteiger partial charge in [-0.3, -0.25) is 10.1 Å². The number of thioether (sulfide) groups is 1. The second-order valence-corrected chi connectivity index (χ2v) is 6.17. The van der Waals surface area contributed by atoms with E-state index in [1.807, 2.05) is 11.6 Å². The van der Waals surface area contributed by atoms with Gasteiger partial charge >= 0.3 is 0 Å². The van der Waals surface area contributed by atoms with E-state index in [2.05, 4.69) is 10.3 Å². The van der Waals surface area contributed by atoms with Crippen molar-refractivity contribution in [3.63, 3.8) is 0 Å². The van der Waals surface area contributed by atoms with Gasteiger partial charge in [0.1, 0.15) is 0 Å². The van der Waals surface area contributed by atoms with Crippen LogP contribution in [0.3, 0.4) is 0 Å². The van der Waals surface area contributed by atoms with E-state index in [0.29, 0.717) is 27.9 Å². The summed E-state index contributed by atoms with van der Waals surface area (Å²) in [5.41, 5.74) is 1.35. The Morgan fingerprint density at radius 2 is 1.87 bits per heavy atom. The van der Waals surface area contributed by atoms with Crippen LogP contribution in [-0.2, 0) is 5.75 Å². The zero-order valence-electron chi connectivity index (χ0n) is 13.3. The minimum absolute atomic E-state index is 0.283. The van der Waals surface area contributed by atoms with Crippen LogP contribution in [0.5, 0.6) is 17.2 Å². The van der Waals surface area contributed by atoms with Crippen LogP contribution in [0.2, 0.25) is 0 Å². The second kappa shape index (κ2) is 8.07. The fourth-order valence-electron chi connectivity index (χ4n) is 1.96. The predicted octanol–water partition coefficient (Wildman–Crippen LogP) is 3.28. The molecule has 2 rings (SSSR count). The van der Waals surface area contributed by atoms with Gasteiger partial charge in [-0.05, 0) is 18.4 Å². The molecule has 0 atom stereocenters. The van der Waals surface area contributed by atoms with Crippen LogP contribution in [0, 0.1) is 0 Å². The Morgan fingerprint density at radius 3 is 2.39 bits per heavy atom. The second-order valence-electron chi connectivity index (χ2n) is 4.45. The number of anilines is 1. The summed E-state index contributed by atoms with van der Waals surface area (Å²) in [6.45, 7) is 0. The number of rotatable bonds is 7. The molecule has 0 radical (unpaired) electrons. The van der Waals surface area contributed by atoms with Crippen molar-refractivity contribution in [1.82, 2.24) is 4.98 Å². The molecule has 0 bridgehead atoms. The van der Waals surface area contributed by atoms with Crippen molar-refractivity contribution in [1.29, 1.82) is 0 Å². The Bertz CT molecular complexity index is 663. The molecule has 1 N–H and O–H groups in total. The van der Waals surface area contributed by atoms with Crippen molar-refractivity contribution in [3.05, 3.63) is 28.8 Å². The minimum Gasteiger partial charge on any atom is -0.493 e. The fraction of sp³-hybridized carbons (Fsp3) is 0.333. The Hall–Kier alpha value is -1.93. The molecule has 8 heteroatoms. The van der Waals surface area contributed by atoms with Gasteiger partial charge in [-0.25, -0.2) is 4.98 Å². The summed E-state index contributed by atoms with van der Waals surface area (Å²) >= 11 is 3.08. The number of hydrogen-bond acceptors (Lipinski definition) is 7. The van der Waals surface area contributed by atoms with Crippen LogP contribution in [0.1, 0.15) is 16.1 Å². The van der Waals surface area contributed by atoms with E-state index in [4.69, 9.17) is 14.2 Å². The molecule has 0 aliphatic heterocycles. The van der Waals surface area contributed by atoms with Crippen molar-refractivity contribution < 1.29 is 19.0 Å². The van der Waals surface area contributed by atoms with Gasteiger partial charge in [0.2, 0.25) is 5.75 Å². The Kier molecular flexibility index (Phi) is 6.12. The van der Waals surface area contributed by atoms with Crippen molar-refractivity contribution >= 4 is 34.1 Å². The van der Waals surface area contributed by atoms with Crippen LogP contribution in [0.15, 0.2) is 17.5 Å². The van der Waals surface area contributed by atoms with E-state index in [0.717, 1.165) is 11.4 Å². The molecule has 0 aliphatic rings. The van der Waals surface area contributed by atoms with Gasteiger partial charge in [-0.2, -0.15) is 11.8 Å². The van der Waals surface area contributed by atoms with E-state index in [1.54, 1.807) is 23.9 Å². The zero-order chi connectivity index (χ0) is 16.8. The first-order valence-corrected chi connectivity index (χ1v) is 8.95. The Balaban J connectivity index is 2.24. The van der Waals surface area contributed by atoms with E-state index >= 15 is 0 Å². The van der Waals surface area contributed by atoms with Crippen LogP contribution in [0.25, 0.3) is 0 Å². The van der Waals surface area contributed by atoms with E-state index in [1.165, 1.54) is 32.7 Å². The number of benzene rings is 1. The summed E-state index contributed by atoms with van der Waals surface area (Å²) in [7, 11) is 4.53. The van der Waals surface area contributed by atoms with Crippen LogP contribution < -0.4 is 19.5 Å². The first-order chi connectivity index (χ1) is 11.1. The number of amides is 1. The average Bonchev–Trinajstić information content (AvgIpc) is 3.00. The number of carbonyl (C=O) groups excluding carboxylic acids is 1. The maximum absolute atomic E-state index is 12.4. The number of hydrogen-bond donors (Lipinski definition) is 1. The molecule has 0 saturated carbocycles. The molecule has 0 spiro atoms. The molecule has 0 aliphatic carbocycles. The average molecular weight is 354 g/mol. The molecule has 1 amide bonds. The van der Waals surface area contributed by atoms with E-state index in [9.17, 15) is 4.79 Å². The van der Waals surface area contributed by atoms with Gasteiger partial charge in [0.25, 0.3) is 5.91 Å². The van der Waals surface area contributed by atoms with Crippen LogP contribution >= 0.6 is 23.1 Å². The number of thiazole rings is 1. The van der Waals surface area contributed by atoms with E-state index < -0.39 is 0 Å². The highest BCUT2D eigenvalue weighted by Gasteiger charge is 2.17. The number of nitrogens with zero attached hydrogens (tertiary/aromatic N) is 1. The summed E-state index contributed by atoms with van der Waals surface area (Å²) in [6.07, 6.45) is 2.01. The molecule has 124 valence electrons. The zero-order valence-corrected chi connectivity index (χ0v) is 15.0. The molecule has 0 saturated heterocycles. The number of ether oxygens (including phenoxy) is 3. The van der Waals surface area contributed by atoms with Crippen molar-refractivity contribution in [2.45, 2.75) is 5.75 Å². The van der Waals surface area contributed by atoms with Gasteiger partial charge in [0.05, 0.1) is 27.0 Å². The largest absolute Gasteiger partial charge is 0.493 e. The quantitative estimate of drug-likeness (QED) is 0.823. The maximum atomic E-state index is 12.4. The highest BCUT2D eigenvalue weighted by Crippen LogP contribution is 2.38. The first kappa shape index (κ1) is 17.4. The molecule has 1 heterocycles. The van der Waals surface area contributed by atoms with Crippen LogP contribution in [-0.4, -0.2) is 38.5 Å². The molecule has 1 aromatic carbocycles. The third-order valence-electron chi connectivity index (χ3n) is 2.99. The van der Waals surface area contributed by atoms with Crippen molar-refractivity contribution in [3.8, 4) is 17.2 Å². The monoisotopic (exact) mass is 354 g/mol. The lowest BCUT2D eigenvalue weighted by atomic mass is 10.1. The number of aromatic nitrogens is 1. The highest BCUT2D eigenvalue weighted by atomic mass is 32.2. The normalized spacial score (nSPS) is 10.3. The lowest BCUT2D eigenvalue weighted by Crippen LogP contribution is -2.12. The number of carbonyl (C=O) groups is 1. The SMILES string of the molecule is COc1cc(C(=O)Nc2nc(CSC)cs2)cc(OC)c1OC. The topological polar surface area (TPSA) is 69.7 Å². The number of methoxy groups -OCH3 is 3. The Morgan fingerprint density at radius 1 is 1.22 bits per heavy atom. The first-order valence-electron chi connectivity index (χ1n) is 6.67.